The lowest BCUT2D eigenvalue weighted by Gasteiger charge is -2.36. The number of imide groups is 1. The largest absolute Gasteiger partial charge is 0.497 e. The van der Waals surface area contributed by atoms with Crippen molar-refractivity contribution in [3.8, 4) is 5.75 Å². The highest BCUT2D eigenvalue weighted by molar-refractivity contribution is 6.11. The summed E-state index contributed by atoms with van der Waals surface area (Å²) >= 11 is 0. The number of rotatable bonds is 5. The predicted molar refractivity (Wildman–Crippen MR) is 116 cm³/mol. The fraction of sp³-hybridized carbons (Fsp3) is 0.522. The van der Waals surface area contributed by atoms with E-state index in [0.29, 0.717) is 31.8 Å². The van der Waals surface area contributed by atoms with Crippen molar-refractivity contribution in [3.05, 3.63) is 29.5 Å². The van der Waals surface area contributed by atoms with E-state index in [9.17, 15) is 14.4 Å². The molecule has 0 radical (unpaired) electrons. The summed E-state index contributed by atoms with van der Waals surface area (Å²) < 4.78 is 10.9. The van der Waals surface area contributed by atoms with Crippen molar-refractivity contribution in [2.24, 2.45) is 0 Å². The number of nitrogens with zero attached hydrogens (tertiary/aromatic N) is 2. The molecule has 2 N–H and O–H groups in total. The van der Waals surface area contributed by atoms with Gasteiger partial charge in [0.2, 0.25) is 5.91 Å². The van der Waals surface area contributed by atoms with Gasteiger partial charge in [-0.15, -0.1) is 0 Å². The number of aromatic amines is 1. The van der Waals surface area contributed by atoms with Crippen molar-refractivity contribution < 1.29 is 23.9 Å². The standard InChI is InChI=1S/C23H28N4O5/c1-13(20(28)24-12-15-5-4-10-32-15)27-21(29)23(2)19-16(8-9-26(23)22(27)30)17-11-14(31-3)6-7-18(17)25-19/h6-7,11,13,15,25H,4-5,8-10,12H2,1-3H3,(H,24,28)/t13-,15?,23-/m0/s1. The van der Waals surface area contributed by atoms with Crippen LogP contribution in [-0.4, -0.2) is 71.6 Å². The number of methoxy groups -OCH3 is 1. The van der Waals surface area contributed by atoms with Crippen LogP contribution in [0.1, 0.15) is 37.9 Å². The number of H-pyrrole nitrogens is 1. The van der Waals surface area contributed by atoms with Crippen LogP contribution in [0.2, 0.25) is 0 Å². The Labute approximate surface area is 186 Å². The van der Waals surface area contributed by atoms with Gasteiger partial charge >= 0.3 is 6.03 Å². The molecule has 1 unspecified atom stereocenters. The average Bonchev–Trinajstić information content (AvgIpc) is 3.49. The second-order valence-electron chi connectivity index (χ2n) is 8.88. The number of fused-ring (bicyclic) bond motifs is 5. The third-order valence-corrected chi connectivity index (χ3v) is 7.09. The van der Waals surface area contributed by atoms with E-state index in [-0.39, 0.29) is 17.9 Å². The second kappa shape index (κ2) is 7.51. The summed E-state index contributed by atoms with van der Waals surface area (Å²) in [6.45, 7) is 4.84. The van der Waals surface area contributed by atoms with E-state index < -0.39 is 17.6 Å². The molecule has 170 valence electrons. The molecule has 2 aromatic rings. The molecule has 3 atom stereocenters. The first kappa shape index (κ1) is 20.8. The Morgan fingerprint density at radius 3 is 2.94 bits per heavy atom. The lowest BCUT2D eigenvalue weighted by Crippen LogP contribution is -2.50. The molecule has 3 aliphatic rings. The van der Waals surface area contributed by atoms with Gasteiger partial charge in [-0.25, -0.2) is 9.69 Å². The lowest BCUT2D eigenvalue weighted by atomic mass is 9.87. The number of carbonyl (C=O) groups is 3. The Bertz CT molecular complexity index is 1110. The number of carbonyl (C=O) groups excluding carboxylic acids is 3. The van der Waals surface area contributed by atoms with Gasteiger partial charge < -0.3 is 24.7 Å². The molecule has 9 heteroatoms. The monoisotopic (exact) mass is 440 g/mol. The van der Waals surface area contributed by atoms with Gasteiger partial charge in [-0.3, -0.25) is 9.59 Å². The van der Waals surface area contributed by atoms with Crippen LogP contribution in [0.25, 0.3) is 10.9 Å². The van der Waals surface area contributed by atoms with E-state index in [4.69, 9.17) is 9.47 Å². The number of aromatic nitrogens is 1. The zero-order chi connectivity index (χ0) is 22.6. The molecule has 4 heterocycles. The van der Waals surface area contributed by atoms with Crippen LogP contribution in [0.4, 0.5) is 4.79 Å². The van der Waals surface area contributed by atoms with Crippen LogP contribution in [0, 0.1) is 0 Å². The van der Waals surface area contributed by atoms with Crippen molar-refractivity contribution in [3.63, 3.8) is 0 Å². The minimum absolute atomic E-state index is 0.00845. The molecular formula is C23H28N4O5. The summed E-state index contributed by atoms with van der Waals surface area (Å²) in [6, 6.07) is 4.38. The Morgan fingerprint density at radius 2 is 2.22 bits per heavy atom. The number of nitrogens with one attached hydrogen (secondary N) is 2. The molecule has 32 heavy (non-hydrogen) atoms. The Kier molecular flexibility index (Phi) is 4.88. The SMILES string of the molecule is COc1ccc2[nH]c3c(c2c1)CCN1C(=O)N([C@@H](C)C(=O)NCC2CCCO2)C(=O)[C@]31C. The Hall–Kier alpha value is -3.07. The van der Waals surface area contributed by atoms with Crippen LogP contribution in [-0.2, 0) is 26.3 Å². The maximum atomic E-state index is 13.7. The van der Waals surface area contributed by atoms with E-state index in [1.54, 1.807) is 25.9 Å². The molecule has 0 spiro atoms. The van der Waals surface area contributed by atoms with E-state index in [0.717, 1.165) is 40.0 Å². The van der Waals surface area contributed by atoms with Gasteiger partial charge in [-0.1, -0.05) is 0 Å². The van der Waals surface area contributed by atoms with Crippen LogP contribution < -0.4 is 10.1 Å². The number of benzene rings is 1. The summed E-state index contributed by atoms with van der Waals surface area (Å²) in [5.74, 6) is -0.00661. The van der Waals surface area contributed by atoms with Gasteiger partial charge in [0.1, 0.15) is 11.8 Å². The summed E-state index contributed by atoms with van der Waals surface area (Å²) in [6.07, 6.45) is 2.48. The zero-order valence-electron chi connectivity index (χ0n) is 18.6. The van der Waals surface area contributed by atoms with Gasteiger partial charge in [-0.05, 0) is 56.9 Å². The van der Waals surface area contributed by atoms with Gasteiger partial charge in [-0.2, -0.15) is 0 Å². The molecule has 5 rings (SSSR count). The smallest absolute Gasteiger partial charge is 0.328 e. The number of amides is 4. The quantitative estimate of drug-likeness (QED) is 0.691. The van der Waals surface area contributed by atoms with Gasteiger partial charge in [0, 0.05) is 30.6 Å². The van der Waals surface area contributed by atoms with Crippen molar-refractivity contribution >= 4 is 28.7 Å². The van der Waals surface area contributed by atoms with Crippen LogP contribution >= 0.6 is 0 Å². The summed E-state index contributed by atoms with van der Waals surface area (Å²) in [7, 11) is 1.62. The summed E-state index contributed by atoms with van der Waals surface area (Å²) in [5.41, 5.74) is 1.43. The van der Waals surface area contributed by atoms with E-state index in [2.05, 4.69) is 10.3 Å². The fourth-order valence-electron chi connectivity index (χ4n) is 5.20. The first-order valence-electron chi connectivity index (χ1n) is 11.1. The maximum absolute atomic E-state index is 13.7. The molecule has 2 saturated heterocycles. The first-order chi connectivity index (χ1) is 15.4. The number of urea groups is 1. The van der Waals surface area contributed by atoms with E-state index in [1.165, 1.54) is 0 Å². The minimum Gasteiger partial charge on any atom is -0.497 e. The zero-order valence-corrected chi connectivity index (χ0v) is 18.6. The molecule has 0 aliphatic carbocycles. The van der Waals surface area contributed by atoms with Crippen LogP contribution in [0.3, 0.4) is 0 Å². The second-order valence-corrected chi connectivity index (χ2v) is 8.88. The Morgan fingerprint density at radius 1 is 1.41 bits per heavy atom. The molecular weight excluding hydrogens is 412 g/mol. The van der Waals surface area contributed by atoms with Gasteiger partial charge in [0.05, 0.1) is 18.9 Å². The summed E-state index contributed by atoms with van der Waals surface area (Å²) in [4.78, 5) is 45.8. The number of hydrogen-bond donors (Lipinski definition) is 2. The molecule has 1 aromatic heterocycles. The predicted octanol–water partition coefficient (Wildman–Crippen LogP) is 1.90. The van der Waals surface area contributed by atoms with Crippen molar-refractivity contribution in [1.82, 2.24) is 20.1 Å². The molecule has 3 aliphatic heterocycles. The molecule has 0 bridgehead atoms. The molecule has 1 aromatic carbocycles. The normalized spacial score (nSPS) is 25.8. The number of hydrogen-bond acceptors (Lipinski definition) is 5. The third kappa shape index (κ3) is 2.91. The summed E-state index contributed by atoms with van der Waals surface area (Å²) in [5, 5.41) is 3.83. The maximum Gasteiger partial charge on any atom is 0.328 e. The average molecular weight is 441 g/mol. The third-order valence-electron chi connectivity index (χ3n) is 7.09. The van der Waals surface area contributed by atoms with Gasteiger partial charge in [0.15, 0.2) is 5.54 Å². The highest BCUT2D eigenvalue weighted by Gasteiger charge is 2.60. The van der Waals surface area contributed by atoms with Crippen molar-refractivity contribution in [1.29, 1.82) is 0 Å². The first-order valence-corrected chi connectivity index (χ1v) is 11.1. The Balaban J connectivity index is 1.44. The van der Waals surface area contributed by atoms with E-state index >= 15 is 0 Å². The minimum atomic E-state index is -1.18. The molecule has 9 nitrogen and oxygen atoms in total. The topological polar surface area (TPSA) is 104 Å². The molecule has 4 amide bonds. The molecule has 2 fully saturated rings. The molecule has 0 saturated carbocycles. The van der Waals surface area contributed by atoms with Crippen molar-refractivity contribution in [2.45, 2.75) is 50.8 Å². The lowest BCUT2D eigenvalue weighted by molar-refractivity contribution is -0.139. The van der Waals surface area contributed by atoms with Crippen LogP contribution in [0.5, 0.6) is 5.75 Å². The number of ether oxygens (including phenoxy) is 2. The van der Waals surface area contributed by atoms with Crippen molar-refractivity contribution in [2.75, 3.05) is 26.8 Å². The fourth-order valence-corrected chi connectivity index (χ4v) is 5.20. The van der Waals surface area contributed by atoms with Gasteiger partial charge in [0.25, 0.3) is 5.91 Å². The highest BCUT2D eigenvalue weighted by atomic mass is 16.5. The van der Waals surface area contributed by atoms with E-state index in [1.807, 2.05) is 18.2 Å². The van der Waals surface area contributed by atoms with Crippen LogP contribution in [0.15, 0.2) is 18.2 Å². The highest BCUT2D eigenvalue weighted by Crippen LogP contribution is 2.45.